The molecule has 0 spiro atoms. The zero-order chi connectivity index (χ0) is 15.5. The molecule has 1 amide bonds. The van der Waals surface area contributed by atoms with Crippen LogP contribution in [0.4, 0.5) is 0 Å². The summed E-state index contributed by atoms with van der Waals surface area (Å²) in [6.07, 6.45) is 14.4. The Labute approximate surface area is 130 Å². The van der Waals surface area contributed by atoms with Gasteiger partial charge >= 0.3 is 0 Å². The van der Waals surface area contributed by atoms with Crippen molar-refractivity contribution in [1.29, 1.82) is 0 Å². The first kappa shape index (κ1) is 14.7. The van der Waals surface area contributed by atoms with Crippen LogP contribution in [0.5, 0.6) is 0 Å². The van der Waals surface area contributed by atoms with Crippen LogP contribution in [0.3, 0.4) is 0 Å². The Morgan fingerprint density at radius 2 is 2.00 bits per heavy atom. The van der Waals surface area contributed by atoms with Gasteiger partial charge in [-0.3, -0.25) is 9.78 Å². The molecule has 5 heteroatoms. The second-order valence-electron chi connectivity index (χ2n) is 6.11. The average Bonchev–Trinajstić information content (AvgIpc) is 3.28. The number of hydrogen-bond donors (Lipinski definition) is 1. The van der Waals surface area contributed by atoms with Gasteiger partial charge in [0.1, 0.15) is 0 Å². The third-order valence-electron chi connectivity index (χ3n) is 4.62. The van der Waals surface area contributed by atoms with Crippen LogP contribution in [0, 0.1) is 12.3 Å². The van der Waals surface area contributed by atoms with Crippen LogP contribution >= 0.6 is 0 Å². The molecule has 1 N–H and O–H groups in total. The van der Waals surface area contributed by atoms with E-state index in [2.05, 4.69) is 26.4 Å². The Hall–Kier alpha value is -2.22. The van der Waals surface area contributed by atoms with Crippen molar-refractivity contribution in [3.05, 3.63) is 30.1 Å². The molecule has 0 radical (unpaired) electrons. The molecule has 2 aliphatic rings. The molecule has 1 aliphatic heterocycles. The minimum absolute atomic E-state index is 0.0638. The van der Waals surface area contributed by atoms with Crippen LogP contribution in [0.25, 0.3) is 0 Å². The van der Waals surface area contributed by atoms with E-state index < -0.39 is 0 Å². The highest BCUT2D eigenvalue weighted by Crippen LogP contribution is 2.42. The van der Waals surface area contributed by atoms with Gasteiger partial charge in [0.15, 0.2) is 5.66 Å². The Balaban J connectivity index is 1.54. The topological polar surface area (TPSA) is 66.7 Å². The minimum atomic E-state index is -0.382. The average molecular weight is 296 g/mol. The first-order valence-electron chi connectivity index (χ1n) is 7.77. The summed E-state index contributed by atoms with van der Waals surface area (Å²) in [4.78, 5) is 16.4. The molecule has 3 rings (SSSR count). The van der Waals surface area contributed by atoms with Crippen molar-refractivity contribution in [2.75, 3.05) is 0 Å². The van der Waals surface area contributed by atoms with Crippen LogP contribution in [0.15, 0.2) is 34.8 Å². The van der Waals surface area contributed by atoms with Crippen molar-refractivity contribution in [3.63, 3.8) is 0 Å². The lowest BCUT2D eigenvalue weighted by atomic mass is 9.72. The minimum Gasteiger partial charge on any atom is -0.347 e. The summed E-state index contributed by atoms with van der Waals surface area (Å²) < 4.78 is 0. The number of hydrogen-bond acceptors (Lipinski definition) is 4. The van der Waals surface area contributed by atoms with Gasteiger partial charge in [0.25, 0.3) is 0 Å². The van der Waals surface area contributed by atoms with Crippen molar-refractivity contribution < 1.29 is 4.79 Å². The molecule has 22 heavy (non-hydrogen) atoms. The molecule has 1 saturated carbocycles. The van der Waals surface area contributed by atoms with E-state index in [1.54, 1.807) is 12.4 Å². The van der Waals surface area contributed by atoms with E-state index >= 15 is 0 Å². The third-order valence-corrected chi connectivity index (χ3v) is 4.62. The van der Waals surface area contributed by atoms with E-state index in [1.165, 1.54) is 0 Å². The Morgan fingerprint density at radius 1 is 1.27 bits per heavy atom. The molecule has 114 valence electrons. The molecule has 2 heterocycles. The van der Waals surface area contributed by atoms with Crippen molar-refractivity contribution in [1.82, 2.24) is 10.3 Å². The number of carbonyl (C=O) groups excluding carboxylic acids is 1. The Kier molecular flexibility index (Phi) is 3.93. The number of carbonyl (C=O) groups is 1. The molecule has 0 aromatic carbocycles. The highest BCUT2D eigenvalue weighted by atomic mass is 16.1. The largest absolute Gasteiger partial charge is 0.347 e. The van der Waals surface area contributed by atoms with Gasteiger partial charge in [-0.05, 0) is 37.0 Å². The summed E-state index contributed by atoms with van der Waals surface area (Å²) in [5.41, 5.74) is 0.557. The van der Waals surface area contributed by atoms with E-state index in [-0.39, 0.29) is 17.1 Å². The summed E-state index contributed by atoms with van der Waals surface area (Å²) >= 11 is 0. The van der Waals surface area contributed by atoms with Gasteiger partial charge < -0.3 is 5.32 Å². The lowest BCUT2D eigenvalue weighted by Gasteiger charge is -2.43. The summed E-state index contributed by atoms with van der Waals surface area (Å²) in [6.45, 7) is 0. The number of amides is 1. The van der Waals surface area contributed by atoms with E-state index in [0.29, 0.717) is 19.3 Å². The molecule has 0 saturated heterocycles. The first-order valence-corrected chi connectivity index (χ1v) is 7.77. The Bertz CT molecular complexity index is 607. The molecule has 1 aromatic rings. The molecule has 1 fully saturated rings. The molecular formula is C17H20N4O. The number of rotatable bonds is 7. The maximum absolute atomic E-state index is 12.3. The molecule has 0 unspecified atom stereocenters. The van der Waals surface area contributed by atoms with E-state index in [9.17, 15) is 4.79 Å². The zero-order valence-electron chi connectivity index (χ0n) is 12.6. The maximum Gasteiger partial charge on any atom is 0.220 e. The fourth-order valence-electron chi connectivity index (χ4n) is 3.00. The fraction of sp³-hybridized carbons (Fsp3) is 0.529. The van der Waals surface area contributed by atoms with Gasteiger partial charge in [-0.15, -0.1) is 12.3 Å². The maximum atomic E-state index is 12.3. The normalized spacial score (nSPS) is 19.8. The standard InChI is InChI=1S/C17H20N4O/c1-2-3-10-17(20-21-17)11-5-15(22)19-16(8-4-9-16)14-6-12-18-13-7-14/h1,6-7,12-13H,3-5,8-11H2,(H,19,22). The molecular weight excluding hydrogens is 276 g/mol. The van der Waals surface area contributed by atoms with Crippen LogP contribution in [0.1, 0.15) is 50.5 Å². The molecule has 1 aromatic heterocycles. The van der Waals surface area contributed by atoms with Gasteiger partial charge in [-0.1, -0.05) is 0 Å². The highest BCUT2D eigenvalue weighted by Gasteiger charge is 2.42. The van der Waals surface area contributed by atoms with Crippen molar-refractivity contribution >= 4 is 5.91 Å². The third kappa shape index (κ3) is 3.01. The molecule has 0 bridgehead atoms. The highest BCUT2D eigenvalue weighted by molar-refractivity contribution is 5.77. The number of pyridine rings is 1. The fourth-order valence-corrected chi connectivity index (χ4v) is 3.00. The van der Waals surface area contributed by atoms with Crippen LogP contribution in [0.2, 0.25) is 0 Å². The van der Waals surface area contributed by atoms with E-state index in [4.69, 9.17) is 6.42 Å². The lowest BCUT2D eigenvalue weighted by Crippen LogP contribution is -2.50. The van der Waals surface area contributed by atoms with Crippen LogP contribution < -0.4 is 5.32 Å². The van der Waals surface area contributed by atoms with Crippen molar-refractivity contribution in [2.24, 2.45) is 10.2 Å². The van der Waals surface area contributed by atoms with Gasteiger partial charge in [0, 0.05) is 38.1 Å². The zero-order valence-corrected chi connectivity index (χ0v) is 12.6. The van der Waals surface area contributed by atoms with E-state index in [0.717, 1.165) is 31.2 Å². The summed E-state index contributed by atoms with van der Waals surface area (Å²) in [7, 11) is 0. The van der Waals surface area contributed by atoms with Crippen molar-refractivity contribution in [3.8, 4) is 12.3 Å². The number of terminal acetylenes is 1. The lowest BCUT2D eigenvalue weighted by molar-refractivity contribution is -0.124. The summed E-state index contributed by atoms with van der Waals surface area (Å²) in [6, 6.07) is 3.97. The SMILES string of the molecule is C#CCCC1(CCC(=O)NC2(c3ccncc3)CCC2)N=N1. The molecule has 1 aliphatic carbocycles. The molecule has 5 nitrogen and oxygen atoms in total. The second-order valence-corrected chi connectivity index (χ2v) is 6.11. The number of nitrogens with zero attached hydrogens (tertiary/aromatic N) is 3. The van der Waals surface area contributed by atoms with Crippen LogP contribution in [-0.2, 0) is 10.3 Å². The monoisotopic (exact) mass is 296 g/mol. The summed E-state index contributed by atoms with van der Waals surface area (Å²) in [5, 5.41) is 11.4. The van der Waals surface area contributed by atoms with Gasteiger partial charge in [0.05, 0.1) is 5.54 Å². The summed E-state index contributed by atoms with van der Waals surface area (Å²) in [5.74, 6) is 2.67. The predicted molar refractivity (Wildman–Crippen MR) is 82.8 cm³/mol. The smallest absolute Gasteiger partial charge is 0.220 e. The van der Waals surface area contributed by atoms with E-state index in [1.807, 2.05) is 12.1 Å². The van der Waals surface area contributed by atoms with Crippen LogP contribution in [-0.4, -0.2) is 16.6 Å². The first-order chi connectivity index (χ1) is 10.7. The van der Waals surface area contributed by atoms with Gasteiger partial charge in [-0.25, -0.2) is 0 Å². The molecule has 0 atom stereocenters. The van der Waals surface area contributed by atoms with Crippen molar-refractivity contribution in [2.45, 2.75) is 56.1 Å². The quantitative estimate of drug-likeness (QED) is 0.786. The number of aromatic nitrogens is 1. The van der Waals surface area contributed by atoms with Gasteiger partial charge in [0.2, 0.25) is 5.91 Å². The Morgan fingerprint density at radius 3 is 2.55 bits per heavy atom. The predicted octanol–water partition coefficient (Wildman–Crippen LogP) is 2.93. The number of nitrogens with one attached hydrogen (secondary N) is 1. The second kappa shape index (κ2) is 5.88. The van der Waals surface area contributed by atoms with Gasteiger partial charge in [-0.2, -0.15) is 10.2 Å².